The molecule has 0 unspecified atom stereocenters. The standard InChI is InChI=1S/C10H13NO2S/c1-6-3-9(14-5-6)10-8(4-12)11-7(2)13-10/h3,5,8,10,12H,4H2,1-2H3/t8-,10-/m1/s1. The molecule has 76 valence electrons. The van der Waals surface area contributed by atoms with Crippen molar-refractivity contribution >= 4 is 17.2 Å². The van der Waals surface area contributed by atoms with E-state index in [0.717, 1.165) is 4.88 Å². The summed E-state index contributed by atoms with van der Waals surface area (Å²) in [7, 11) is 0. The quantitative estimate of drug-likeness (QED) is 0.812. The van der Waals surface area contributed by atoms with E-state index >= 15 is 0 Å². The first kappa shape index (κ1) is 9.68. The van der Waals surface area contributed by atoms with Gasteiger partial charge in [-0.15, -0.1) is 11.3 Å². The van der Waals surface area contributed by atoms with Crippen LogP contribution in [-0.4, -0.2) is 23.7 Å². The van der Waals surface area contributed by atoms with E-state index in [1.54, 1.807) is 11.3 Å². The fourth-order valence-electron chi connectivity index (χ4n) is 1.58. The van der Waals surface area contributed by atoms with Gasteiger partial charge in [-0.05, 0) is 23.9 Å². The Labute approximate surface area is 87.1 Å². The maximum absolute atomic E-state index is 9.14. The maximum Gasteiger partial charge on any atom is 0.181 e. The van der Waals surface area contributed by atoms with Crippen LogP contribution < -0.4 is 0 Å². The zero-order valence-corrected chi connectivity index (χ0v) is 9.04. The molecular weight excluding hydrogens is 198 g/mol. The van der Waals surface area contributed by atoms with Crippen LogP contribution in [-0.2, 0) is 4.74 Å². The number of thiophene rings is 1. The highest BCUT2D eigenvalue weighted by Gasteiger charge is 2.30. The predicted octanol–water partition coefficient (Wildman–Crippen LogP) is 1.91. The number of aliphatic imine (C=N–C) groups is 1. The first-order valence-electron chi connectivity index (χ1n) is 4.57. The number of rotatable bonds is 2. The molecule has 0 spiro atoms. The van der Waals surface area contributed by atoms with Gasteiger partial charge < -0.3 is 9.84 Å². The molecule has 2 atom stereocenters. The summed E-state index contributed by atoms with van der Waals surface area (Å²) >= 11 is 1.66. The molecular formula is C10H13NO2S. The third-order valence-corrected chi connectivity index (χ3v) is 3.32. The van der Waals surface area contributed by atoms with Crippen LogP contribution in [0.25, 0.3) is 0 Å². The Bertz CT molecular complexity index is 359. The van der Waals surface area contributed by atoms with Crippen LogP contribution in [0.3, 0.4) is 0 Å². The normalized spacial score (nSPS) is 26.1. The summed E-state index contributed by atoms with van der Waals surface area (Å²) in [5.74, 6) is 0.667. The Kier molecular flexibility index (Phi) is 2.56. The molecule has 0 amide bonds. The van der Waals surface area contributed by atoms with Crippen molar-refractivity contribution in [3.05, 3.63) is 21.9 Å². The molecule has 4 heteroatoms. The van der Waals surface area contributed by atoms with Crippen molar-refractivity contribution in [1.82, 2.24) is 0 Å². The van der Waals surface area contributed by atoms with E-state index < -0.39 is 0 Å². The monoisotopic (exact) mass is 211 g/mol. The fourth-order valence-corrected chi connectivity index (χ4v) is 2.56. The highest BCUT2D eigenvalue weighted by molar-refractivity contribution is 7.10. The van der Waals surface area contributed by atoms with E-state index in [0.29, 0.717) is 5.90 Å². The van der Waals surface area contributed by atoms with Gasteiger partial charge in [0.25, 0.3) is 0 Å². The third kappa shape index (κ3) is 1.67. The minimum atomic E-state index is -0.131. The number of aliphatic hydroxyl groups is 1. The Hall–Kier alpha value is -0.870. The van der Waals surface area contributed by atoms with Gasteiger partial charge in [-0.25, -0.2) is 4.99 Å². The van der Waals surface area contributed by atoms with Crippen LogP contribution in [0.5, 0.6) is 0 Å². The van der Waals surface area contributed by atoms with Crippen LogP contribution in [0.15, 0.2) is 16.4 Å². The van der Waals surface area contributed by atoms with Crippen LogP contribution in [0.4, 0.5) is 0 Å². The Morgan fingerprint density at radius 1 is 1.57 bits per heavy atom. The SMILES string of the molecule is CC1=N[C@H](CO)[C@H](c2cc(C)cs2)O1. The third-order valence-electron chi connectivity index (χ3n) is 2.21. The largest absolute Gasteiger partial charge is 0.470 e. The second-order valence-corrected chi connectivity index (χ2v) is 4.41. The number of aliphatic hydroxyl groups excluding tert-OH is 1. The van der Waals surface area contributed by atoms with E-state index in [-0.39, 0.29) is 18.8 Å². The smallest absolute Gasteiger partial charge is 0.181 e. The van der Waals surface area contributed by atoms with Gasteiger partial charge in [0.2, 0.25) is 0 Å². The first-order chi connectivity index (χ1) is 6.70. The molecule has 0 aromatic carbocycles. The molecule has 2 heterocycles. The second kappa shape index (κ2) is 3.71. The summed E-state index contributed by atoms with van der Waals surface area (Å²) in [6.45, 7) is 3.92. The van der Waals surface area contributed by atoms with Crippen molar-refractivity contribution in [2.24, 2.45) is 4.99 Å². The van der Waals surface area contributed by atoms with Gasteiger partial charge in [0.1, 0.15) is 6.04 Å². The topological polar surface area (TPSA) is 41.8 Å². The minimum absolute atomic E-state index is 0.0406. The molecule has 0 saturated carbocycles. The van der Waals surface area contributed by atoms with Crippen molar-refractivity contribution in [2.75, 3.05) is 6.61 Å². The van der Waals surface area contributed by atoms with Gasteiger partial charge in [-0.3, -0.25) is 0 Å². The average molecular weight is 211 g/mol. The lowest BCUT2D eigenvalue weighted by Crippen LogP contribution is -2.16. The van der Waals surface area contributed by atoms with Crippen LogP contribution in [0, 0.1) is 6.92 Å². The van der Waals surface area contributed by atoms with Crippen molar-refractivity contribution in [1.29, 1.82) is 0 Å². The molecule has 2 rings (SSSR count). The van der Waals surface area contributed by atoms with Gasteiger partial charge in [-0.2, -0.15) is 0 Å². The number of hydrogen-bond acceptors (Lipinski definition) is 4. The Morgan fingerprint density at radius 2 is 2.36 bits per heavy atom. The van der Waals surface area contributed by atoms with Gasteiger partial charge in [-0.1, -0.05) is 0 Å². The van der Waals surface area contributed by atoms with Gasteiger partial charge >= 0.3 is 0 Å². The Balaban J connectivity index is 2.20. The molecule has 0 fully saturated rings. The zero-order chi connectivity index (χ0) is 10.1. The average Bonchev–Trinajstić information content (AvgIpc) is 2.71. The van der Waals surface area contributed by atoms with E-state index in [9.17, 15) is 0 Å². The van der Waals surface area contributed by atoms with Gasteiger partial charge in [0.15, 0.2) is 12.0 Å². The van der Waals surface area contributed by atoms with Gasteiger partial charge in [0.05, 0.1) is 6.61 Å². The van der Waals surface area contributed by atoms with Crippen LogP contribution in [0.1, 0.15) is 23.5 Å². The van der Waals surface area contributed by atoms with Crippen molar-refractivity contribution in [3.63, 3.8) is 0 Å². The minimum Gasteiger partial charge on any atom is -0.470 e. The van der Waals surface area contributed by atoms with E-state index in [1.807, 2.05) is 6.92 Å². The van der Waals surface area contributed by atoms with Crippen LogP contribution in [0.2, 0.25) is 0 Å². The van der Waals surface area contributed by atoms with E-state index in [4.69, 9.17) is 9.84 Å². The number of ether oxygens (including phenoxy) is 1. The molecule has 1 aromatic rings. The number of aryl methyl sites for hydroxylation is 1. The first-order valence-corrected chi connectivity index (χ1v) is 5.45. The van der Waals surface area contributed by atoms with Crippen molar-refractivity contribution < 1.29 is 9.84 Å². The summed E-state index contributed by atoms with van der Waals surface area (Å²) in [6.07, 6.45) is -0.0845. The van der Waals surface area contributed by atoms with E-state index in [1.165, 1.54) is 5.56 Å². The highest BCUT2D eigenvalue weighted by Crippen LogP contribution is 2.32. The van der Waals surface area contributed by atoms with Crippen LogP contribution >= 0.6 is 11.3 Å². The molecule has 0 aliphatic carbocycles. The predicted molar refractivity (Wildman–Crippen MR) is 56.9 cm³/mol. The lowest BCUT2D eigenvalue weighted by molar-refractivity contribution is 0.153. The molecule has 1 aliphatic rings. The van der Waals surface area contributed by atoms with Crippen molar-refractivity contribution in [3.8, 4) is 0 Å². The lowest BCUT2D eigenvalue weighted by Gasteiger charge is -2.13. The molecule has 3 nitrogen and oxygen atoms in total. The van der Waals surface area contributed by atoms with Gasteiger partial charge in [0, 0.05) is 11.8 Å². The number of hydrogen-bond donors (Lipinski definition) is 1. The molecule has 1 N–H and O–H groups in total. The molecule has 1 aliphatic heterocycles. The highest BCUT2D eigenvalue weighted by atomic mass is 32.1. The summed E-state index contributed by atoms with van der Waals surface area (Å²) in [5.41, 5.74) is 1.23. The summed E-state index contributed by atoms with van der Waals surface area (Å²) in [6, 6.07) is 1.96. The van der Waals surface area contributed by atoms with Crippen molar-refractivity contribution in [2.45, 2.75) is 26.0 Å². The Morgan fingerprint density at radius 3 is 2.93 bits per heavy atom. The lowest BCUT2D eigenvalue weighted by atomic mass is 10.1. The molecule has 0 bridgehead atoms. The molecule has 1 aromatic heterocycles. The summed E-state index contributed by atoms with van der Waals surface area (Å²) in [4.78, 5) is 5.37. The summed E-state index contributed by atoms with van der Waals surface area (Å²) in [5, 5.41) is 11.2. The molecule has 14 heavy (non-hydrogen) atoms. The number of nitrogens with zero attached hydrogens (tertiary/aromatic N) is 1. The van der Waals surface area contributed by atoms with E-state index in [2.05, 4.69) is 23.4 Å². The maximum atomic E-state index is 9.14. The zero-order valence-electron chi connectivity index (χ0n) is 8.23. The molecule has 0 radical (unpaired) electrons. The fraction of sp³-hybridized carbons (Fsp3) is 0.500. The second-order valence-electron chi connectivity index (χ2n) is 3.46. The molecule has 0 saturated heterocycles. The summed E-state index contributed by atoms with van der Waals surface area (Å²) < 4.78 is 5.56.